The second kappa shape index (κ2) is 18.9. The van der Waals surface area contributed by atoms with Crippen molar-refractivity contribution in [3.05, 3.63) is 77.6 Å². The van der Waals surface area contributed by atoms with Crippen molar-refractivity contribution in [2.24, 2.45) is 0 Å². The maximum Gasteiger partial charge on any atom is 0.343 e. The van der Waals surface area contributed by atoms with Crippen molar-refractivity contribution < 1.29 is 32.2 Å². The van der Waals surface area contributed by atoms with Crippen molar-refractivity contribution in [2.45, 2.75) is 97.3 Å². The minimum atomic E-state index is -1.28. The van der Waals surface area contributed by atoms with E-state index in [0.29, 0.717) is 17.7 Å². The summed E-state index contributed by atoms with van der Waals surface area (Å²) in [7, 11) is 0. The van der Waals surface area contributed by atoms with E-state index in [1.54, 1.807) is 24.3 Å². The highest BCUT2D eigenvalue weighted by atomic mass is 19.2. The van der Waals surface area contributed by atoms with E-state index in [0.717, 1.165) is 38.5 Å². The SMILES string of the molecule is CCCCCCCCCCOc1ccc(OC(=O)c2ccc(-c3ccc(OCCCCCCC)c(F)c3)cc2)c(F)c1F. The van der Waals surface area contributed by atoms with E-state index in [-0.39, 0.29) is 23.7 Å². The van der Waals surface area contributed by atoms with Gasteiger partial charge >= 0.3 is 5.97 Å². The van der Waals surface area contributed by atoms with Gasteiger partial charge in [0, 0.05) is 0 Å². The summed E-state index contributed by atoms with van der Waals surface area (Å²) in [4.78, 5) is 12.6. The fourth-order valence-electron chi connectivity index (χ4n) is 4.77. The Labute approximate surface area is 254 Å². The summed E-state index contributed by atoms with van der Waals surface area (Å²) in [6, 6.07) is 13.4. The van der Waals surface area contributed by atoms with Crippen molar-refractivity contribution in [3.8, 4) is 28.4 Å². The maximum atomic E-state index is 14.6. The molecule has 0 bridgehead atoms. The van der Waals surface area contributed by atoms with Crippen LogP contribution in [0.25, 0.3) is 11.1 Å². The third kappa shape index (κ3) is 11.3. The molecule has 0 radical (unpaired) electrons. The Kier molecular flexibility index (Phi) is 15.0. The molecule has 0 atom stereocenters. The molecule has 0 aromatic heterocycles. The second-order valence-electron chi connectivity index (χ2n) is 10.9. The van der Waals surface area contributed by atoms with Gasteiger partial charge in [-0.3, -0.25) is 0 Å². The number of hydrogen-bond acceptors (Lipinski definition) is 4. The third-order valence-electron chi connectivity index (χ3n) is 7.36. The molecule has 0 aliphatic heterocycles. The van der Waals surface area contributed by atoms with Crippen LogP contribution in [0, 0.1) is 17.5 Å². The molecule has 0 aliphatic rings. The van der Waals surface area contributed by atoms with Gasteiger partial charge in [0.05, 0.1) is 18.8 Å². The van der Waals surface area contributed by atoms with E-state index >= 15 is 0 Å². The number of unbranched alkanes of at least 4 members (excludes halogenated alkanes) is 11. The number of carbonyl (C=O) groups is 1. The van der Waals surface area contributed by atoms with Gasteiger partial charge in [-0.05, 0) is 60.4 Å². The molecule has 234 valence electrons. The molecule has 0 N–H and O–H groups in total. The molecular formula is C36H45F3O4. The van der Waals surface area contributed by atoms with Gasteiger partial charge in [0.15, 0.2) is 23.1 Å². The zero-order valence-electron chi connectivity index (χ0n) is 25.6. The number of carbonyl (C=O) groups excluding carboxylic acids is 1. The van der Waals surface area contributed by atoms with Crippen LogP contribution in [0.2, 0.25) is 0 Å². The average Bonchev–Trinajstić information content (AvgIpc) is 3.02. The highest BCUT2D eigenvalue weighted by molar-refractivity contribution is 5.91. The van der Waals surface area contributed by atoms with E-state index in [1.807, 2.05) is 0 Å². The Hall–Kier alpha value is -3.48. The summed E-state index contributed by atoms with van der Waals surface area (Å²) in [5.41, 5.74) is 1.43. The third-order valence-corrected chi connectivity index (χ3v) is 7.36. The van der Waals surface area contributed by atoms with Crippen LogP contribution in [-0.2, 0) is 0 Å². The lowest BCUT2D eigenvalue weighted by Crippen LogP contribution is -2.10. The van der Waals surface area contributed by atoms with Crippen molar-refractivity contribution >= 4 is 5.97 Å². The maximum absolute atomic E-state index is 14.6. The Morgan fingerprint density at radius 2 is 1.02 bits per heavy atom. The zero-order chi connectivity index (χ0) is 30.9. The van der Waals surface area contributed by atoms with Crippen molar-refractivity contribution in [1.82, 2.24) is 0 Å². The Balaban J connectivity index is 1.48. The van der Waals surface area contributed by atoms with Crippen LogP contribution < -0.4 is 14.2 Å². The molecule has 0 fully saturated rings. The van der Waals surface area contributed by atoms with Crippen LogP contribution >= 0.6 is 0 Å². The number of hydrogen-bond donors (Lipinski definition) is 0. The molecule has 4 nitrogen and oxygen atoms in total. The standard InChI is InChI=1S/C36H45F3O4/c1-3-5-7-9-10-11-13-15-25-42-32-22-23-33(35(39)34(32)38)43-36(40)28-18-16-27(17-19-28)29-20-21-31(30(37)26-29)41-24-14-12-8-6-4-2/h16-23,26H,3-15,24-25H2,1-2H3. The molecule has 3 aromatic carbocycles. The summed E-state index contributed by atoms with van der Waals surface area (Å²) in [6.07, 6.45) is 14.4. The van der Waals surface area contributed by atoms with E-state index in [4.69, 9.17) is 14.2 Å². The first kappa shape index (κ1) is 34.0. The summed E-state index contributed by atoms with van der Waals surface area (Å²) < 4.78 is 60.0. The molecule has 0 heterocycles. The molecule has 0 unspecified atom stereocenters. The molecule has 3 rings (SSSR count). The highest BCUT2D eigenvalue weighted by Gasteiger charge is 2.19. The minimum Gasteiger partial charge on any atom is -0.491 e. The van der Waals surface area contributed by atoms with E-state index in [1.165, 1.54) is 75.3 Å². The van der Waals surface area contributed by atoms with Crippen LogP contribution in [0.5, 0.6) is 17.2 Å². The van der Waals surface area contributed by atoms with Crippen LogP contribution in [-0.4, -0.2) is 19.2 Å². The van der Waals surface area contributed by atoms with Gasteiger partial charge in [-0.2, -0.15) is 8.78 Å². The largest absolute Gasteiger partial charge is 0.491 e. The van der Waals surface area contributed by atoms with Crippen molar-refractivity contribution in [2.75, 3.05) is 13.2 Å². The Morgan fingerprint density at radius 3 is 1.60 bits per heavy atom. The molecule has 0 saturated carbocycles. The number of ether oxygens (including phenoxy) is 3. The number of halogens is 3. The highest BCUT2D eigenvalue weighted by Crippen LogP contribution is 2.30. The smallest absolute Gasteiger partial charge is 0.343 e. The lowest BCUT2D eigenvalue weighted by Gasteiger charge is -2.11. The molecule has 0 aliphatic carbocycles. The first-order valence-corrected chi connectivity index (χ1v) is 15.8. The fourth-order valence-corrected chi connectivity index (χ4v) is 4.77. The predicted molar refractivity (Wildman–Crippen MR) is 166 cm³/mol. The van der Waals surface area contributed by atoms with Gasteiger partial charge in [-0.15, -0.1) is 0 Å². The van der Waals surface area contributed by atoms with Gasteiger partial charge in [0.1, 0.15) is 0 Å². The van der Waals surface area contributed by atoms with Crippen LogP contribution in [0.15, 0.2) is 54.6 Å². The van der Waals surface area contributed by atoms with E-state index in [9.17, 15) is 18.0 Å². The van der Waals surface area contributed by atoms with Gasteiger partial charge in [0.25, 0.3) is 0 Å². The summed E-state index contributed by atoms with van der Waals surface area (Å²) >= 11 is 0. The van der Waals surface area contributed by atoms with Crippen LogP contribution in [0.4, 0.5) is 13.2 Å². The monoisotopic (exact) mass is 598 g/mol. The van der Waals surface area contributed by atoms with E-state index in [2.05, 4.69) is 13.8 Å². The fraction of sp³-hybridized carbons (Fsp3) is 0.472. The first-order chi connectivity index (χ1) is 20.9. The Bertz CT molecular complexity index is 1260. The lowest BCUT2D eigenvalue weighted by atomic mass is 10.0. The minimum absolute atomic E-state index is 0.141. The normalized spacial score (nSPS) is 11.0. The second-order valence-corrected chi connectivity index (χ2v) is 10.9. The molecule has 3 aromatic rings. The lowest BCUT2D eigenvalue weighted by molar-refractivity contribution is 0.0726. The molecule has 0 amide bonds. The van der Waals surface area contributed by atoms with Crippen molar-refractivity contribution in [3.63, 3.8) is 0 Å². The summed E-state index contributed by atoms with van der Waals surface area (Å²) in [5, 5.41) is 0. The van der Waals surface area contributed by atoms with Crippen molar-refractivity contribution in [1.29, 1.82) is 0 Å². The molecular weight excluding hydrogens is 553 g/mol. The first-order valence-electron chi connectivity index (χ1n) is 15.8. The Morgan fingerprint density at radius 1 is 0.558 bits per heavy atom. The predicted octanol–water partition coefficient (Wildman–Crippen LogP) is 10.9. The van der Waals surface area contributed by atoms with Crippen LogP contribution in [0.1, 0.15) is 108 Å². The average molecular weight is 599 g/mol. The van der Waals surface area contributed by atoms with Gasteiger partial charge in [-0.1, -0.05) is 103 Å². The van der Waals surface area contributed by atoms with Crippen LogP contribution in [0.3, 0.4) is 0 Å². The summed E-state index contributed by atoms with van der Waals surface area (Å²) in [5.74, 6) is -4.29. The number of rotatable bonds is 20. The topological polar surface area (TPSA) is 44.8 Å². The molecule has 0 saturated heterocycles. The molecule has 0 spiro atoms. The number of benzene rings is 3. The molecule has 7 heteroatoms. The van der Waals surface area contributed by atoms with Gasteiger partial charge < -0.3 is 14.2 Å². The van der Waals surface area contributed by atoms with E-state index < -0.39 is 29.2 Å². The van der Waals surface area contributed by atoms with Gasteiger partial charge in [0.2, 0.25) is 11.6 Å². The molecule has 43 heavy (non-hydrogen) atoms. The summed E-state index contributed by atoms with van der Waals surface area (Å²) in [6.45, 7) is 5.10. The van der Waals surface area contributed by atoms with Gasteiger partial charge in [-0.25, -0.2) is 9.18 Å². The zero-order valence-corrected chi connectivity index (χ0v) is 25.6. The number of esters is 1. The quantitative estimate of drug-likeness (QED) is 0.0737.